The number of esters is 1. The monoisotopic (exact) mass is 1080 g/mol. The van der Waals surface area contributed by atoms with Crippen LogP contribution in [0.25, 0.3) is 22.3 Å². The second-order valence-electron chi connectivity index (χ2n) is 19.1. The fourth-order valence-electron chi connectivity index (χ4n) is 9.61. The Bertz CT molecular complexity index is 3040. The van der Waals surface area contributed by atoms with Gasteiger partial charge in [-0.2, -0.15) is 0 Å². The molecule has 1 saturated heterocycles. The third kappa shape index (κ3) is 13.7. The van der Waals surface area contributed by atoms with Crippen molar-refractivity contribution in [2.24, 2.45) is 0 Å². The number of likely N-dealkylation sites (tertiary alicyclic amines) is 1. The number of hydrogen-bond donors (Lipinski definition) is 6. The molecule has 0 spiro atoms. The molecule has 4 aromatic rings. The molecular weight excluding hydrogens is 1020 g/mol. The van der Waals surface area contributed by atoms with Crippen LogP contribution in [0.5, 0.6) is 0 Å². The first-order valence-electron chi connectivity index (χ1n) is 25.9. The first kappa shape index (κ1) is 56.4. The Kier molecular flexibility index (Phi) is 18.8. The number of carbonyl (C=O) groups excluding carboxylic acids is 8. The minimum Gasteiger partial charge on any atom is -0.458 e. The van der Waals surface area contributed by atoms with Crippen LogP contribution >= 0.6 is 0 Å². The number of carbonyl (C=O) groups is 8. The van der Waals surface area contributed by atoms with Crippen LogP contribution in [0.4, 0.5) is 10.1 Å². The molecule has 4 aliphatic rings. The second-order valence-corrected chi connectivity index (χ2v) is 19.1. The lowest BCUT2D eigenvalue weighted by atomic mass is 9.86. The van der Waals surface area contributed by atoms with Gasteiger partial charge in [-0.15, -0.1) is 0 Å². The third-order valence-electron chi connectivity index (χ3n) is 13.8. The number of anilines is 1. The van der Waals surface area contributed by atoms with E-state index < -0.39 is 78.2 Å². The predicted octanol–water partition coefficient (Wildman–Crippen LogP) is 0.584. The molecule has 0 radical (unpaired) electrons. The van der Waals surface area contributed by atoms with E-state index in [1.807, 2.05) is 0 Å². The van der Waals surface area contributed by atoms with Gasteiger partial charge in [-0.1, -0.05) is 43.7 Å². The van der Waals surface area contributed by atoms with Gasteiger partial charge >= 0.3 is 5.97 Å². The number of hydrogen-bond acceptors (Lipinski definition) is 16. The summed E-state index contributed by atoms with van der Waals surface area (Å²) >= 11 is 0. The minimum absolute atomic E-state index is 0.0123. The SMILES string of the molecule is CC[C@@]1(O)C(=O)OCc2c1cc1n(c2=O)Cc2c-1nc1cc(F)c(NC(=O)CNC(=O)C(Cc3ccccc3)NC(=O)CNC(=O)CNC(=O)CCOCCOCCOCCN3C(=O)C=CC3=O)cc1c2CN1CCCCC1. The van der Waals surface area contributed by atoms with Crippen LogP contribution in [-0.2, 0) is 89.0 Å². The number of aliphatic hydroxyl groups is 1. The van der Waals surface area contributed by atoms with Gasteiger partial charge in [0.2, 0.25) is 29.5 Å². The molecule has 0 bridgehead atoms. The van der Waals surface area contributed by atoms with Crippen molar-refractivity contribution in [2.75, 3.05) is 84.2 Å². The fraction of sp³-hybridized carbons (Fsp3) is 0.444. The van der Waals surface area contributed by atoms with E-state index in [-0.39, 0.29) is 113 Å². The van der Waals surface area contributed by atoms with Gasteiger partial charge in [0.15, 0.2) is 5.60 Å². The van der Waals surface area contributed by atoms with Crippen molar-refractivity contribution < 1.29 is 66.8 Å². The number of pyridine rings is 2. The third-order valence-corrected chi connectivity index (χ3v) is 13.8. The van der Waals surface area contributed by atoms with Crippen molar-refractivity contribution in [3.63, 3.8) is 0 Å². The van der Waals surface area contributed by atoms with E-state index in [2.05, 4.69) is 31.5 Å². The molecular formula is C54H62FN9O14. The molecule has 2 aromatic heterocycles. The Morgan fingerprint density at radius 1 is 0.795 bits per heavy atom. The normalized spacial score (nSPS) is 17.0. The minimum atomic E-state index is -2.03. The lowest BCUT2D eigenvalue weighted by Crippen LogP contribution is -2.52. The summed E-state index contributed by atoms with van der Waals surface area (Å²) in [4.78, 5) is 123. The lowest BCUT2D eigenvalue weighted by molar-refractivity contribution is -0.172. The highest BCUT2D eigenvalue weighted by Gasteiger charge is 2.45. The van der Waals surface area contributed by atoms with E-state index >= 15 is 4.39 Å². The Balaban J connectivity index is 0.821. The van der Waals surface area contributed by atoms with Crippen LogP contribution in [0.3, 0.4) is 0 Å². The van der Waals surface area contributed by atoms with E-state index in [0.29, 0.717) is 34.4 Å². The molecule has 0 aliphatic carbocycles. The summed E-state index contributed by atoms with van der Waals surface area (Å²) in [7, 11) is 0. The van der Waals surface area contributed by atoms with Crippen LogP contribution in [0.15, 0.2) is 65.5 Å². The number of rotatable bonds is 26. The number of fused-ring (bicyclic) bond motifs is 5. The quantitative estimate of drug-likeness (QED) is 0.0251. The molecule has 4 aliphatic heterocycles. The van der Waals surface area contributed by atoms with Gasteiger partial charge in [0, 0.05) is 54.1 Å². The van der Waals surface area contributed by atoms with Crippen LogP contribution in [0.1, 0.15) is 66.8 Å². The number of piperidine rings is 1. The number of ether oxygens (including phenoxy) is 4. The molecule has 2 aromatic carbocycles. The summed E-state index contributed by atoms with van der Waals surface area (Å²) in [5.41, 5.74) is 0.873. The number of cyclic esters (lactones) is 1. The molecule has 1 unspecified atom stereocenters. The second kappa shape index (κ2) is 26.0. The van der Waals surface area contributed by atoms with Crippen LogP contribution in [0, 0.1) is 5.82 Å². The van der Waals surface area contributed by atoms with Crippen molar-refractivity contribution in [3.8, 4) is 11.4 Å². The van der Waals surface area contributed by atoms with Gasteiger partial charge in [-0.3, -0.25) is 48.2 Å². The van der Waals surface area contributed by atoms with Crippen LogP contribution in [-0.4, -0.2) is 157 Å². The first-order chi connectivity index (χ1) is 37.6. The average molecular weight is 1080 g/mol. The smallest absolute Gasteiger partial charge is 0.343 e. The Labute approximate surface area is 447 Å². The van der Waals surface area contributed by atoms with Gasteiger partial charge in [0.25, 0.3) is 17.4 Å². The maximum Gasteiger partial charge on any atom is 0.343 e. The van der Waals surface area contributed by atoms with Crippen LogP contribution in [0.2, 0.25) is 0 Å². The molecule has 8 rings (SSSR count). The summed E-state index contributed by atoms with van der Waals surface area (Å²) in [5, 5.41) is 24.4. The Morgan fingerprint density at radius 3 is 2.18 bits per heavy atom. The Morgan fingerprint density at radius 2 is 1.46 bits per heavy atom. The summed E-state index contributed by atoms with van der Waals surface area (Å²) in [6.45, 7) is 3.17. The molecule has 1 fully saturated rings. The highest BCUT2D eigenvalue weighted by atomic mass is 19.1. The van der Waals surface area contributed by atoms with E-state index in [4.69, 9.17) is 23.9 Å². The molecule has 23 nitrogen and oxygen atoms in total. The highest BCUT2D eigenvalue weighted by molar-refractivity contribution is 6.12. The summed E-state index contributed by atoms with van der Waals surface area (Å²) < 4.78 is 39.0. The number of amides is 7. The Hall–Kier alpha value is -7.77. The van der Waals surface area contributed by atoms with Crippen LogP contribution < -0.4 is 32.1 Å². The van der Waals surface area contributed by atoms with Gasteiger partial charge in [-0.25, -0.2) is 14.2 Å². The van der Waals surface area contributed by atoms with E-state index in [9.17, 15) is 48.3 Å². The molecule has 6 N–H and O–H groups in total. The van der Waals surface area contributed by atoms with Gasteiger partial charge in [-0.05, 0) is 55.6 Å². The van der Waals surface area contributed by atoms with E-state index in [1.165, 1.54) is 28.9 Å². The van der Waals surface area contributed by atoms with Gasteiger partial charge < -0.3 is 55.2 Å². The van der Waals surface area contributed by atoms with E-state index in [0.717, 1.165) is 42.8 Å². The molecule has 0 saturated carbocycles. The van der Waals surface area contributed by atoms with Gasteiger partial charge in [0.05, 0.1) is 101 Å². The zero-order valence-electron chi connectivity index (χ0n) is 43.1. The van der Waals surface area contributed by atoms with E-state index in [1.54, 1.807) is 43.3 Å². The number of benzene rings is 2. The molecule has 24 heteroatoms. The highest BCUT2D eigenvalue weighted by Crippen LogP contribution is 2.41. The first-order valence-corrected chi connectivity index (χ1v) is 25.9. The molecule has 78 heavy (non-hydrogen) atoms. The standard InChI is InChI=1S/C54H62FN9O14/c1-2-54(74)38-25-43-50-36(31-64(43)52(72)37(38)32-78-53(54)73)35(30-62-14-7-4-8-15-62)34-24-41(39(55)26-40(34)61-50)59-47(68)29-58-51(71)42(23-33-9-5-3-6-10-33)60-46(67)28-57-45(66)27-56-44(65)13-17-75-19-21-77-22-20-76-18-16-63-48(69)11-12-49(63)70/h3,5-6,9-12,24-26,42,74H,2,4,7-8,13-23,27-32H2,1H3,(H,56,65)(H,57,66)(H,58,71)(H,59,68)(H,60,67)/t42?,54-/m0/s1. The summed E-state index contributed by atoms with van der Waals surface area (Å²) in [5.74, 6) is -5.84. The maximum atomic E-state index is 16.1. The zero-order valence-corrected chi connectivity index (χ0v) is 43.1. The lowest BCUT2D eigenvalue weighted by Gasteiger charge is -2.31. The largest absolute Gasteiger partial charge is 0.458 e. The number of nitrogens with one attached hydrogen (secondary N) is 5. The number of halogens is 1. The van der Waals surface area contributed by atoms with Gasteiger partial charge in [0.1, 0.15) is 18.5 Å². The predicted molar refractivity (Wildman–Crippen MR) is 276 cm³/mol. The van der Waals surface area contributed by atoms with Crippen molar-refractivity contribution in [3.05, 3.63) is 105 Å². The maximum absolute atomic E-state index is 16.1. The summed E-state index contributed by atoms with van der Waals surface area (Å²) in [6, 6.07) is 11.8. The topological polar surface area (TPSA) is 295 Å². The number of imide groups is 1. The number of aromatic nitrogens is 2. The van der Waals surface area contributed by atoms with Crippen molar-refractivity contribution >= 4 is 63.9 Å². The van der Waals surface area contributed by atoms with Crippen molar-refractivity contribution in [2.45, 2.75) is 76.8 Å². The molecule has 7 amide bonds. The molecule has 2 atom stereocenters. The fourth-order valence-corrected chi connectivity index (χ4v) is 9.61. The summed E-state index contributed by atoms with van der Waals surface area (Å²) in [6.07, 6.45) is 5.37. The number of nitrogens with zero attached hydrogens (tertiary/aromatic N) is 4. The molecule has 414 valence electrons. The van der Waals surface area contributed by atoms with Crippen molar-refractivity contribution in [1.29, 1.82) is 0 Å². The average Bonchev–Trinajstić information content (AvgIpc) is 4.01. The van der Waals surface area contributed by atoms with Crippen molar-refractivity contribution in [1.82, 2.24) is 40.6 Å². The zero-order chi connectivity index (χ0) is 55.3. The molecule has 6 heterocycles.